The van der Waals surface area contributed by atoms with Crippen LogP contribution in [0, 0.1) is 0 Å². The summed E-state index contributed by atoms with van der Waals surface area (Å²) >= 11 is 1.61. The van der Waals surface area contributed by atoms with Crippen LogP contribution in [0.25, 0.3) is 5.69 Å². The predicted molar refractivity (Wildman–Crippen MR) is 90.3 cm³/mol. The Balaban J connectivity index is 1.84. The van der Waals surface area contributed by atoms with E-state index in [4.69, 9.17) is 4.74 Å². The van der Waals surface area contributed by atoms with Gasteiger partial charge in [-0.3, -0.25) is 4.79 Å². The van der Waals surface area contributed by atoms with Crippen LogP contribution in [0.4, 0.5) is 0 Å². The van der Waals surface area contributed by atoms with Gasteiger partial charge >= 0.3 is 0 Å². The van der Waals surface area contributed by atoms with Crippen LogP contribution in [-0.2, 0) is 0 Å². The van der Waals surface area contributed by atoms with Crippen LogP contribution in [0.1, 0.15) is 28.3 Å². The number of carbonyl (C=O) groups excluding carboxylic acids is 1. The van der Waals surface area contributed by atoms with Crippen LogP contribution in [-0.4, -0.2) is 22.8 Å². The number of ether oxygens (including phenoxy) is 1. The molecule has 0 saturated heterocycles. The minimum Gasteiger partial charge on any atom is -0.493 e. The van der Waals surface area contributed by atoms with Crippen LogP contribution in [0.5, 0.6) is 5.75 Å². The Kier molecular flexibility index (Phi) is 4.43. The van der Waals surface area contributed by atoms with Crippen LogP contribution in [0.3, 0.4) is 0 Å². The van der Waals surface area contributed by atoms with Gasteiger partial charge in [0, 0.05) is 4.88 Å². The fourth-order valence-corrected chi connectivity index (χ4v) is 2.99. The number of amides is 1. The molecule has 1 unspecified atom stereocenters. The van der Waals surface area contributed by atoms with E-state index in [2.05, 4.69) is 10.4 Å². The monoisotopic (exact) mass is 327 g/mol. The number of benzene rings is 1. The molecule has 0 bridgehead atoms. The standard InChI is InChI=1S/C17H17N3O2S/c1-12(15-9-6-10-23-15)18-17(21)16-14(22-2)11-20(19-16)13-7-4-3-5-8-13/h3-12H,1-2H3,(H,18,21). The largest absolute Gasteiger partial charge is 0.493 e. The summed E-state index contributed by atoms with van der Waals surface area (Å²) < 4.78 is 6.94. The molecule has 0 aliphatic rings. The van der Waals surface area contributed by atoms with Gasteiger partial charge in [-0.2, -0.15) is 5.10 Å². The maximum Gasteiger partial charge on any atom is 0.276 e. The molecule has 0 saturated carbocycles. The molecule has 23 heavy (non-hydrogen) atoms. The lowest BCUT2D eigenvalue weighted by atomic mass is 10.2. The predicted octanol–water partition coefficient (Wildman–Crippen LogP) is 3.43. The molecule has 5 nitrogen and oxygen atoms in total. The molecule has 0 radical (unpaired) electrons. The molecule has 0 fully saturated rings. The second-order valence-corrected chi connectivity index (χ2v) is 6.02. The van der Waals surface area contributed by atoms with Gasteiger partial charge < -0.3 is 10.1 Å². The summed E-state index contributed by atoms with van der Waals surface area (Å²) in [5.74, 6) is 0.196. The van der Waals surface area contributed by atoms with Crippen molar-refractivity contribution in [3.63, 3.8) is 0 Å². The van der Waals surface area contributed by atoms with Crippen molar-refractivity contribution < 1.29 is 9.53 Å². The summed E-state index contributed by atoms with van der Waals surface area (Å²) in [6.07, 6.45) is 1.71. The topological polar surface area (TPSA) is 56.2 Å². The molecule has 2 aromatic heterocycles. The lowest BCUT2D eigenvalue weighted by Gasteiger charge is -2.11. The highest BCUT2D eigenvalue weighted by molar-refractivity contribution is 7.10. The second kappa shape index (κ2) is 6.66. The number of carbonyl (C=O) groups is 1. The number of rotatable bonds is 5. The Morgan fingerprint density at radius 2 is 2.04 bits per heavy atom. The number of hydrogen-bond acceptors (Lipinski definition) is 4. The number of methoxy groups -OCH3 is 1. The van der Waals surface area contributed by atoms with E-state index < -0.39 is 0 Å². The van der Waals surface area contributed by atoms with Crippen molar-refractivity contribution >= 4 is 17.2 Å². The van der Waals surface area contributed by atoms with Gasteiger partial charge in [-0.05, 0) is 30.5 Å². The number of hydrogen-bond donors (Lipinski definition) is 1. The van der Waals surface area contributed by atoms with Gasteiger partial charge in [0.1, 0.15) is 0 Å². The molecular formula is C17H17N3O2S. The summed E-state index contributed by atoms with van der Waals surface area (Å²) in [7, 11) is 1.53. The Labute approximate surface area is 138 Å². The first-order valence-corrected chi connectivity index (χ1v) is 8.10. The highest BCUT2D eigenvalue weighted by Gasteiger charge is 2.20. The second-order valence-electron chi connectivity index (χ2n) is 5.04. The van der Waals surface area contributed by atoms with Gasteiger partial charge in [0.05, 0.1) is 25.0 Å². The molecule has 1 amide bonds. The van der Waals surface area contributed by atoms with Crippen LogP contribution < -0.4 is 10.1 Å². The zero-order valence-corrected chi connectivity index (χ0v) is 13.7. The van der Waals surface area contributed by atoms with Crippen molar-refractivity contribution in [3.05, 3.63) is 64.6 Å². The average molecular weight is 327 g/mol. The van der Waals surface area contributed by atoms with Gasteiger partial charge in [-0.1, -0.05) is 24.3 Å². The summed E-state index contributed by atoms with van der Waals surface area (Å²) in [4.78, 5) is 13.6. The first-order valence-electron chi connectivity index (χ1n) is 7.22. The maximum atomic E-state index is 12.5. The third kappa shape index (κ3) is 3.27. The molecule has 118 valence electrons. The summed E-state index contributed by atoms with van der Waals surface area (Å²) in [6.45, 7) is 1.95. The van der Waals surface area contributed by atoms with Crippen molar-refractivity contribution in [3.8, 4) is 11.4 Å². The number of para-hydroxylation sites is 1. The first kappa shape index (κ1) is 15.3. The van der Waals surface area contributed by atoms with Gasteiger partial charge in [-0.25, -0.2) is 4.68 Å². The maximum absolute atomic E-state index is 12.5. The molecule has 0 aliphatic carbocycles. The van der Waals surface area contributed by atoms with Crippen molar-refractivity contribution in [2.75, 3.05) is 7.11 Å². The normalized spacial score (nSPS) is 11.9. The van der Waals surface area contributed by atoms with E-state index in [1.54, 1.807) is 22.2 Å². The number of nitrogens with one attached hydrogen (secondary N) is 1. The minimum atomic E-state index is -0.252. The van der Waals surface area contributed by atoms with Gasteiger partial charge in [0.25, 0.3) is 5.91 Å². The zero-order chi connectivity index (χ0) is 16.2. The van der Waals surface area contributed by atoms with Crippen molar-refractivity contribution in [2.45, 2.75) is 13.0 Å². The Morgan fingerprint density at radius 3 is 2.70 bits per heavy atom. The van der Waals surface area contributed by atoms with E-state index in [9.17, 15) is 4.79 Å². The summed E-state index contributed by atoms with van der Waals surface area (Å²) in [6, 6.07) is 13.5. The molecule has 0 aliphatic heterocycles. The minimum absolute atomic E-state index is 0.0749. The zero-order valence-electron chi connectivity index (χ0n) is 12.9. The quantitative estimate of drug-likeness (QED) is 0.781. The molecule has 1 N–H and O–H groups in total. The van der Waals surface area contributed by atoms with Crippen molar-refractivity contribution in [1.82, 2.24) is 15.1 Å². The molecule has 0 spiro atoms. The summed E-state index contributed by atoms with van der Waals surface area (Å²) in [5, 5.41) is 9.31. The molecule has 3 aromatic rings. The average Bonchev–Trinajstić information content (AvgIpc) is 3.25. The Morgan fingerprint density at radius 1 is 1.26 bits per heavy atom. The first-order chi connectivity index (χ1) is 11.2. The fraction of sp³-hybridized carbons (Fsp3) is 0.176. The van der Waals surface area contributed by atoms with E-state index in [-0.39, 0.29) is 17.6 Å². The van der Waals surface area contributed by atoms with E-state index in [1.807, 2.05) is 54.8 Å². The van der Waals surface area contributed by atoms with E-state index in [0.29, 0.717) is 5.75 Å². The molecule has 1 aromatic carbocycles. The number of thiophene rings is 1. The SMILES string of the molecule is COc1cn(-c2ccccc2)nc1C(=O)NC(C)c1cccs1. The lowest BCUT2D eigenvalue weighted by Crippen LogP contribution is -2.27. The molecule has 2 heterocycles. The van der Waals surface area contributed by atoms with E-state index >= 15 is 0 Å². The van der Waals surface area contributed by atoms with Gasteiger partial charge in [0.2, 0.25) is 0 Å². The number of nitrogens with zero attached hydrogens (tertiary/aromatic N) is 2. The van der Waals surface area contributed by atoms with Crippen molar-refractivity contribution in [2.24, 2.45) is 0 Å². The highest BCUT2D eigenvalue weighted by atomic mass is 32.1. The van der Waals surface area contributed by atoms with Crippen molar-refractivity contribution in [1.29, 1.82) is 0 Å². The van der Waals surface area contributed by atoms with Gasteiger partial charge in [0.15, 0.2) is 11.4 Å². The number of aromatic nitrogens is 2. The van der Waals surface area contributed by atoms with E-state index in [1.165, 1.54) is 7.11 Å². The smallest absolute Gasteiger partial charge is 0.276 e. The summed E-state index contributed by atoms with van der Waals surface area (Å²) in [5.41, 5.74) is 1.15. The van der Waals surface area contributed by atoms with Crippen LogP contribution >= 0.6 is 11.3 Å². The molecule has 1 atom stereocenters. The molecule has 6 heteroatoms. The van der Waals surface area contributed by atoms with Gasteiger partial charge in [-0.15, -0.1) is 11.3 Å². The fourth-order valence-electron chi connectivity index (χ4n) is 2.25. The van der Waals surface area contributed by atoms with Crippen LogP contribution in [0.15, 0.2) is 54.0 Å². The van der Waals surface area contributed by atoms with E-state index in [0.717, 1.165) is 10.6 Å². The Bertz CT molecular complexity index is 782. The lowest BCUT2D eigenvalue weighted by molar-refractivity contribution is 0.0932. The van der Waals surface area contributed by atoms with Crippen LogP contribution in [0.2, 0.25) is 0 Å². The molecule has 3 rings (SSSR count). The highest BCUT2D eigenvalue weighted by Crippen LogP contribution is 2.22. The Hall–Kier alpha value is -2.60. The molecular weight excluding hydrogens is 310 g/mol. The third-order valence-corrected chi connectivity index (χ3v) is 4.51. The third-order valence-electron chi connectivity index (χ3n) is 3.45.